The molecule has 1 aromatic carbocycles. The van der Waals surface area contributed by atoms with Gasteiger partial charge in [-0.15, -0.1) is 0 Å². The van der Waals surface area contributed by atoms with Gasteiger partial charge in [0.15, 0.2) is 0 Å². The largest absolute Gasteiger partial charge is 0.497 e. The fourth-order valence-corrected chi connectivity index (χ4v) is 2.43. The number of ether oxygens (including phenoxy) is 2. The van der Waals surface area contributed by atoms with Crippen LogP contribution in [0.4, 0.5) is 5.69 Å². The fraction of sp³-hybridized carbons (Fsp3) is 0.533. The Morgan fingerprint density at radius 2 is 2.15 bits per heavy atom. The van der Waals surface area contributed by atoms with E-state index in [4.69, 9.17) is 9.47 Å². The summed E-state index contributed by atoms with van der Waals surface area (Å²) in [5.41, 5.74) is 0.665. The Morgan fingerprint density at radius 3 is 2.80 bits per heavy atom. The van der Waals surface area contributed by atoms with Gasteiger partial charge in [0.2, 0.25) is 5.91 Å². The van der Waals surface area contributed by atoms with Crippen molar-refractivity contribution in [2.24, 2.45) is 5.92 Å². The molecular formula is C15H22N2O3. The summed E-state index contributed by atoms with van der Waals surface area (Å²) >= 11 is 0. The lowest BCUT2D eigenvalue weighted by Crippen LogP contribution is -2.45. The summed E-state index contributed by atoms with van der Waals surface area (Å²) < 4.78 is 10.4. The van der Waals surface area contributed by atoms with E-state index < -0.39 is 0 Å². The Balaban J connectivity index is 2.07. The smallest absolute Gasteiger partial charge is 0.241 e. The van der Waals surface area contributed by atoms with Crippen LogP contribution in [0.5, 0.6) is 11.5 Å². The molecule has 110 valence electrons. The quantitative estimate of drug-likeness (QED) is 0.884. The summed E-state index contributed by atoms with van der Waals surface area (Å²) in [6.45, 7) is 3.06. The molecule has 1 fully saturated rings. The predicted octanol–water partition coefficient (Wildman–Crippen LogP) is 2.03. The van der Waals surface area contributed by atoms with E-state index in [2.05, 4.69) is 17.6 Å². The third kappa shape index (κ3) is 3.42. The zero-order valence-corrected chi connectivity index (χ0v) is 12.2. The van der Waals surface area contributed by atoms with Gasteiger partial charge in [0.05, 0.1) is 25.9 Å². The summed E-state index contributed by atoms with van der Waals surface area (Å²) in [4.78, 5) is 12.3. The van der Waals surface area contributed by atoms with Gasteiger partial charge in [-0.2, -0.15) is 0 Å². The molecule has 1 aromatic rings. The minimum atomic E-state index is -0.134. The van der Waals surface area contributed by atoms with Crippen molar-refractivity contribution in [3.63, 3.8) is 0 Å². The monoisotopic (exact) mass is 278 g/mol. The zero-order valence-electron chi connectivity index (χ0n) is 12.2. The third-order valence-corrected chi connectivity index (χ3v) is 3.65. The predicted molar refractivity (Wildman–Crippen MR) is 78.4 cm³/mol. The number of nitrogens with one attached hydrogen (secondary N) is 2. The molecule has 2 atom stereocenters. The lowest BCUT2D eigenvalue weighted by Gasteiger charge is -2.27. The molecule has 2 unspecified atom stereocenters. The first-order chi connectivity index (χ1) is 9.63. The maximum absolute atomic E-state index is 12.3. The highest BCUT2D eigenvalue weighted by atomic mass is 16.5. The van der Waals surface area contributed by atoms with Crippen LogP contribution >= 0.6 is 0 Å². The number of amides is 1. The van der Waals surface area contributed by atoms with Gasteiger partial charge in [0.25, 0.3) is 0 Å². The van der Waals surface area contributed by atoms with E-state index in [1.807, 2.05) is 0 Å². The lowest BCUT2D eigenvalue weighted by atomic mass is 9.94. The Hall–Kier alpha value is -1.75. The molecule has 5 nitrogen and oxygen atoms in total. The molecule has 0 radical (unpaired) electrons. The Kier molecular flexibility index (Phi) is 4.84. The first-order valence-corrected chi connectivity index (χ1v) is 6.90. The maximum Gasteiger partial charge on any atom is 0.241 e. The normalized spacial score (nSPS) is 22.1. The Morgan fingerprint density at radius 1 is 1.35 bits per heavy atom. The minimum Gasteiger partial charge on any atom is -0.497 e. The van der Waals surface area contributed by atoms with Crippen LogP contribution in [0.2, 0.25) is 0 Å². The second-order valence-corrected chi connectivity index (χ2v) is 5.19. The fourth-order valence-electron chi connectivity index (χ4n) is 2.43. The van der Waals surface area contributed by atoms with Gasteiger partial charge in [-0.25, -0.2) is 0 Å². The summed E-state index contributed by atoms with van der Waals surface area (Å²) in [6, 6.07) is 5.22. The highest BCUT2D eigenvalue weighted by Gasteiger charge is 2.25. The molecule has 1 aliphatic rings. The van der Waals surface area contributed by atoms with E-state index in [1.54, 1.807) is 32.4 Å². The molecule has 1 saturated heterocycles. The number of anilines is 1. The van der Waals surface area contributed by atoms with Gasteiger partial charge < -0.3 is 20.1 Å². The molecule has 0 spiro atoms. The average Bonchev–Trinajstić information content (AvgIpc) is 2.47. The van der Waals surface area contributed by atoms with Crippen molar-refractivity contribution in [1.82, 2.24) is 5.32 Å². The van der Waals surface area contributed by atoms with Crippen molar-refractivity contribution in [2.45, 2.75) is 25.8 Å². The van der Waals surface area contributed by atoms with Crippen LogP contribution in [0.15, 0.2) is 18.2 Å². The summed E-state index contributed by atoms with van der Waals surface area (Å²) in [5, 5.41) is 6.17. The van der Waals surface area contributed by atoms with Gasteiger partial charge in [-0.1, -0.05) is 6.92 Å². The number of hydrogen-bond acceptors (Lipinski definition) is 4. The van der Waals surface area contributed by atoms with Gasteiger partial charge in [0, 0.05) is 6.07 Å². The maximum atomic E-state index is 12.3. The molecule has 0 aromatic heterocycles. The topological polar surface area (TPSA) is 59.6 Å². The minimum absolute atomic E-state index is 0.0139. The van der Waals surface area contributed by atoms with Gasteiger partial charge in [-0.05, 0) is 37.4 Å². The van der Waals surface area contributed by atoms with Crippen LogP contribution in [0.3, 0.4) is 0 Å². The molecular weight excluding hydrogens is 256 g/mol. The molecule has 2 N–H and O–H groups in total. The van der Waals surface area contributed by atoms with Crippen molar-refractivity contribution in [2.75, 3.05) is 26.1 Å². The number of piperidine rings is 1. The number of benzene rings is 1. The van der Waals surface area contributed by atoms with Crippen LogP contribution < -0.4 is 20.1 Å². The second-order valence-electron chi connectivity index (χ2n) is 5.19. The van der Waals surface area contributed by atoms with Gasteiger partial charge in [-0.3, -0.25) is 4.79 Å². The first kappa shape index (κ1) is 14.7. The molecule has 1 aliphatic heterocycles. The van der Waals surface area contributed by atoms with E-state index in [0.29, 0.717) is 23.1 Å². The molecule has 0 aliphatic carbocycles. The van der Waals surface area contributed by atoms with E-state index in [-0.39, 0.29) is 11.9 Å². The van der Waals surface area contributed by atoms with Crippen LogP contribution in [0, 0.1) is 5.92 Å². The molecule has 1 amide bonds. The van der Waals surface area contributed by atoms with Crippen LogP contribution in [-0.2, 0) is 4.79 Å². The summed E-state index contributed by atoms with van der Waals surface area (Å²) in [6.07, 6.45) is 1.99. The van der Waals surface area contributed by atoms with E-state index in [9.17, 15) is 4.79 Å². The zero-order chi connectivity index (χ0) is 14.5. The molecule has 1 heterocycles. The van der Waals surface area contributed by atoms with Gasteiger partial charge >= 0.3 is 0 Å². The summed E-state index contributed by atoms with van der Waals surface area (Å²) in [7, 11) is 3.17. The Bertz CT molecular complexity index is 476. The van der Waals surface area contributed by atoms with Crippen LogP contribution in [0.1, 0.15) is 19.8 Å². The van der Waals surface area contributed by atoms with Crippen molar-refractivity contribution in [3.8, 4) is 11.5 Å². The second kappa shape index (κ2) is 6.61. The first-order valence-electron chi connectivity index (χ1n) is 6.90. The van der Waals surface area contributed by atoms with Crippen LogP contribution in [0.25, 0.3) is 0 Å². The molecule has 5 heteroatoms. The van der Waals surface area contributed by atoms with E-state index >= 15 is 0 Å². The van der Waals surface area contributed by atoms with E-state index in [1.165, 1.54) is 0 Å². The standard InChI is InChI=1S/C15H22N2O3/c1-10-6-7-16-13(8-10)15(18)17-12-5-4-11(19-2)9-14(12)20-3/h4-5,9-10,13,16H,6-8H2,1-3H3,(H,17,18). The number of carbonyl (C=O) groups is 1. The SMILES string of the molecule is COc1ccc(NC(=O)C2CC(C)CCN2)c(OC)c1. The lowest BCUT2D eigenvalue weighted by molar-refractivity contribution is -0.119. The van der Waals surface area contributed by atoms with Crippen molar-refractivity contribution in [3.05, 3.63) is 18.2 Å². The highest BCUT2D eigenvalue weighted by Crippen LogP contribution is 2.29. The van der Waals surface area contributed by atoms with Crippen molar-refractivity contribution >= 4 is 11.6 Å². The average molecular weight is 278 g/mol. The highest BCUT2D eigenvalue weighted by molar-refractivity contribution is 5.96. The number of hydrogen-bond donors (Lipinski definition) is 2. The number of methoxy groups -OCH3 is 2. The van der Waals surface area contributed by atoms with Gasteiger partial charge in [0.1, 0.15) is 11.5 Å². The van der Waals surface area contributed by atoms with Crippen molar-refractivity contribution < 1.29 is 14.3 Å². The summed E-state index contributed by atoms with van der Waals surface area (Å²) in [5.74, 6) is 1.86. The number of carbonyl (C=O) groups excluding carboxylic acids is 1. The van der Waals surface area contributed by atoms with Crippen molar-refractivity contribution in [1.29, 1.82) is 0 Å². The molecule has 20 heavy (non-hydrogen) atoms. The van der Waals surface area contributed by atoms with Crippen LogP contribution in [-0.4, -0.2) is 32.7 Å². The molecule has 2 rings (SSSR count). The Labute approximate surface area is 119 Å². The molecule has 0 bridgehead atoms. The third-order valence-electron chi connectivity index (χ3n) is 3.65. The van der Waals surface area contributed by atoms with E-state index in [0.717, 1.165) is 19.4 Å². The molecule has 0 saturated carbocycles. The number of rotatable bonds is 4.